The fraction of sp³-hybridized carbons (Fsp3) is 0.344. The molecule has 5 rings (SSSR count). The highest BCUT2D eigenvalue weighted by atomic mass is 14.7. The van der Waals surface area contributed by atoms with Crippen molar-refractivity contribution in [2.24, 2.45) is 5.92 Å². The van der Waals surface area contributed by atoms with Crippen LogP contribution in [-0.4, -0.2) is 4.98 Å². The molecule has 0 unspecified atom stereocenters. The summed E-state index contributed by atoms with van der Waals surface area (Å²) < 4.78 is 0. The van der Waals surface area contributed by atoms with Crippen LogP contribution in [0.2, 0.25) is 0 Å². The molecule has 0 atom stereocenters. The van der Waals surface area contributed by atoms with Crippen LogP contribution in [0, 0.1) is 33.6 Å². The Labute approximate surface area is 198 Å². The molecule has 0 radical (unpaired) electrons. The number of benzene rings is 3. The van der Waals surface area contributed by atoms with E-state index in [4.69, 9.17) is 4.98 Å². The first kappa shape index (κ1) is 21.9. The number of rotatable bonds is 3. The quantitative estimate of drug-likeness (QED) is 0.315. The van der Waals surface area contributed by atoms with Crippen molar-refractivity contribution < 1.29 is 0 Å². The third-order valence-electron chi connectivity index (χ3n) is 7.56. The van der Waals surface area contributed by atoms with Gasteiger partial charge < -0.3 is 0 Å². The second kappa shape index (κ2) is 7.55. The first-order chi connectivity index (χ1) is 15.6. The topological polar surface area (TPSA) is 12.9 Å². The van der Waals surface area contributed by atoms with E-state index in [9.17, 15) is 0 Å². The molecule has 33 heavy (non-hydrogen) atoms. The Hall–Kier alpha value is -2.93. The Balaban J connectivity index is 1.81. The molecule has 0 bridgehead atoms. The van der Waals surface area contributed by atoms with Crippen molar-refractivity contribution in [2.45, 2.75) is 67.2 Å². The molecule has 0 aliphatic heterocycles. The van der Waals surface area contributed by atoms with Crippen molar-refractivity contribution in [3.8, 4) is 22.4 Å². The summed E-state index contributed by atoms with van der Waals surface area (Å²) in [6.07, 6.45) is 1.05. The third-order valence-corrected chi connectivity index (χ3v) is 7.56. The fourth-order valence-corrected chi connectivity index (χ4v) is 5.69. The zero-order valence-electron chi connectivity index (χ0n) is 21.4. The predicted molar refractivity (Wildman–Crippen MR) is 142 cm³/mol. The molecular formula is C32H35N. The van der Waals surface area contributed by atoms with Crippen LogP contribution in [-0.2, 0) is 11.8 Å². The number of aryl methyl sites for hydroxylation is 3. The van der Waals surface area contributed by atoms with Crippen molar-refractivity contribution in [3.05, 3.63) is 87.5 Å². The van der Waals surface area contributed by atoms with Gasteiger partial charge in [-0.2, -0.15) is 0 Å². The number of fused-ring (bicyclic) bond motifs is 4. The lowest BCUT2D eigenvalue weighted by atomic mass is 9.81. The summed E-state index contributed by atoms with van der Waals surface area (Å²) in [4.78, 5) is 5.28. The summed E-state index contributed by atoms with van der Waals surface area (Å²) in [6, 6.07) is 18.6. The summed E-state index contributed by atoms with van der Waals surface area (Å²) in [5.74, 6) is 0.587. The van der Waals surface area contributed by atoms with Crippen LogP contribution in [0.3, 0.4) is 0 Å². The van der Waals surface area contributed by atoms with Crippen LogP contribution in [0.1, 0.15) is 66.6 Å². The standard InChI is InChI=1S/C32H35N/c1-18(2)11-23-15-30(25-13-20(4)12-21(5)22(25)6)33-31-17-29-27(16-26(23)31)24-10-9-19(3)14-28(24)32(29,7)8/h9-10,12-18H,11H2,1-8H3. The third kappa shape index (κ3) is 3.50. The van der Waals surface area contributed by atoms with E-state index in [1.54, 1.807) is 0 Å². The van der Waals surface area contributed by atoms with Crippen molar-refractivity contribution in [3.63, 3.8) is 0 Å². The molecular weight excluding hydrogens is 398 g/mol. The number of hydrogen-bond acceptors (Lipinski definition) is 1. The second-order valence-corrected chi connectivity index (χ2v) is 11.1. The number of hydrogen-bond donors (Lipinski definition) is 0. The Morgan fingerprint density at radius 2 is 1.48 bits per heavy atom. The zero-order valence-corrected chi connectivity index (χ0v) is 21.4. The smallest absolute Gasteiger partial charge is 0.0715 e. The molecule has 1 aliphatic rings. The number of aromatic nitrogens is 1. The summed E-state index contributed by atoms with van der Waals surface area (Å²) in [5.41, 5.74) is 15.7. The van der Waals surface area contributed by atoms with E-state index >= 15 is 0 Å². The van der Waals surface area contributed by atoms with E-state index in [0.717, 1.165) is 17.6 Å². The van der Waals surface area contributed by atoms with Gasteiger partial charge in [-0.1, -0.05) is 63.1 Å². The van der Waals surface area contributed by atoms with Gasteiger partial charge in [0.1, 0.15) is 0 Å². The molecule has 1 heteroatoms. The minimum absolute atomic E-state index is 0.0172. The summed E-state index contributed by atoms with van der Waals surface area (Å²) in [5, 5.41) is 1.30. The second-order valence-electron chi connectivity index (χ2n) is 11.1. The monoisotopic (exact) mass is 433 g/mol. The normalized spacial score (nSPS) is 14.1. The van der Waals surface area contributed by atoms with E-state index in [2.05, 4.69) is 104 Å². The molecule has 1 nitrogen and oxygen atoms in total. The van der Waals surface area contributed by atoms with E-state index in [0.29, 0.717) is 5.92 Å². The molecule has 1 aliphatic carbocycles. The molecule has 0 N–H and O–H groups in total. The molecule has 0 amide bonds. The van der Waals surface area contributed by atoms with Crippen LogP contribution >= 0.6 is 0 Å². The SMILES string of the molecule is Cc1cc(C)c(C)c(-c2cc(CC(C)C)c3cc4c(cc3n2)C(C)(C)c2cc(C)ccc2-4)c1. The van der Waals surface area contributed by atoms with Crippen LogP contribution in [0.4, 0.5) is 0 Å². The fourth-order valence-electron chi connectivity index (χ4n) is 5.69. The summed E-state index contributed by atoms with van der Waals surface area (Å²) in [7, 11) is 0. The summed E-state index contributed by atoms with van der Waals surface area (Å²) in [6.45, 7) is 18.1. The largest absolute Gasteiger partial charge is 0.248 e. The Morgan fingerprint density at radius 3 is 2.21 bits per heavy atom. The maximum Gasteiger partial charge on any atom is 0.0715 e. The summed E-state index contributed by atoms with van der Waals surface area (Å²) >= 11 is 0. The van der Waals surface area contributed by atoms with Gasteiger partial charge in [0, 0.05) is 16.4 Å². The molecule has 1 aromatic heterocycles. The minimum Gasteiger partial charge on any atom is -0.248 e. The lowest BCUT2D eigenvalue weighted by molar-refractivity contribution is 0.649. The highest BCUT2D eigenvalue weighted by Crippen LogP contribution is 2.50. The molecule has 0 spiro atoms. The van der Waals surface area contributed by atoms with Gasteiger partial charge in [0.15, 0.2) is 0 Å². The average molecular weight is 434 g/mol. The van der Waals surface area contributed by atoms with E-state index in [1.807, 2.05) is 0 Å². The molecule has 1 heterocycles. The average Bonchev–Trinajstić information content (AvgIpc) is 2.95. The van der Waals surface area contributed by atoms with Gasteiger partial charge in [-0.3, -0.25) is 0 Å². The van der Waals surface area contributed by atoms with Crippen molar-refractivity contribution in [1.29, 1.82) is 0 Å². The first-order valence-electron chi connectivity index (χ1n) is 12.2. The van der Waals surface area contributed by atoms with Crippen LogP contribution in [0.15, 0.2) is 48.5 Å². The van der Waals surface area contributed by atoms with Crippen molar-refractivity contribution in [2.75, 3.05) is 0 Å². The van der Waals surface area contributed by atoms with Gasteiger partial charge in [-0.25, -0.2) is 4.98 Å². The van der Waals surface area contributed by atoms with E-state index < -0.39 is 0 Å². The van der Waals surface area contributed by atoms with Crippen molar-refractivity contribution in [1.82, 2.24) is 4.98 Å². The molecule has 0 fully saturated rings. The molecule has 0 saturated heterocycles. The van der Waals surface area contributed by atoms with Crippen molar-refractivity contribution >= 4 is 10.9 Å². The van der Waals surface area contributed by atoms with Gasteiger partial charge in [0.25, 0.3) is 0 Å². The lowest BCUT2D eigenvalue weighted by Crippen LogP contribution is -2.15. The van der Waals surface area contributed by atoms with Gasteiger partial charge in [-0.05, 0) is 103 Å². The van der Waals surface area contributed by atoms with Crippen LogP contribution < -0.4 is 0 Å². The zero-order chi connectivity index (χ0) is 23.7. The Morgan fingerprint density at radius 1 is 0.758 bits per heavy atom. The minimum atomic E-state index is -0.0172. The van der Waals surface area contributed by atoms with Gasteiger partial charge in [-0.15, -0.1) is 0 Å². The first-order valence-corrected chi connectivity index (χ1v) is 12.2. The Bertz CT molecular complexity index is 1420. The van der Waals surface area contributed by atoms with Gasteiger partial charge in [0.2, 0.25) is 0 Å². The van der Waals surface area contributed by atoms with Gasteiger partial charge >= 0.3 is 0 Å². The van der Waals surface area contributed by atoms with Gasteiger partial charge in [0.05, 0.1) is 11.2 Å². The predicted octanol–water partition coefficient (Wildman–Crippen LogP) is 8.64. The van der Waals surface area contributed by atoms with E-state index in [-0.39, 0.29) is 5.41 Å². The highest BCUT2D eigenvalue weighted by molar-refractivity contribution is 5.94. The highest BCUT2D eigenvalue weighted by Gasteiger charge is 2.36. The van der Waals surface area contributed by atoms with Crippen LogP contribution in [0.5, 0.6) is 0 Å². The maximum absolute atomic E-state index is 5.28. The Kier molecular flexibility index (Phi) is 5.01. The van der Waals surface area contributed by atoms with E-state index in [1.165, 1.54) is 61.0 Å². The van der Waals surface area contributed by atoms with Crippen LogP contribution in [0.25, 0.3) is 33.3 Å². The lowest BCUT2D eigenvalue weighted by Gasteiger charge is -2.22. The number of nitrogens with zero attached hydrogens (tertiary/aromatic N) is 1. The maximum atomic E-state index is 5.28. The number of pyridine rings is 1. The molecule has 168 valence electrons. The molecule has 3 aromatic carbocycles. The molecule has 0 saturated carbocycles. The molecule has 4 aromatic rings.